The predicted molar refractivity (Wildman–Crippen MR) is 116 cm³/mol. The lowest BCUT2D eigenvalue weighted by atomic mass is 10.2. The van der Waals surface area contributed by atoms with Gasteiger partial charge < -0.3 is 10.2 Å². The van der Waals surface area contributed by atoms with Gasteiger partial charge in [-0.15, -0.1) is 24.0 Å². The topological polar surface area (TPSA) is 73.8 Å². The largest absolute Gasteiger partial charge is 0.352 e. The number of hydrogen-bond donors (Lipinski definition) is 2. The van der Waals surface area contributed by atoms with Crippen molar-refractivity contribution in [1.29, 1.82) is 0 Å². The molecular formula is C18H25IN4O2S. The van der Waals surface area contributed by atoms with E-state index in [2.05, 4.69) is 15.0 Å². The van der Waals surface area contributed by atoms with Crippen LogP contribution in [0.1, 0.15) is 11.1 Å². The lowest BCUT2D eigenvalue weighted by molar-refractivity contribution is 0.578. The summed E-state index contributed by atoms with van der Waals surface area (Å²) in [5, 5.41) is 3.31. The lowest BCUT2D eigenvalue weighted by Crippen LogP contribution is -2.36. The lowest BCUT2D eigenvalue weighted by Gasteiger charge is -2.18. The van der Waals surface area contributed by atoms with Crippen LogP contribution in [-0.2, 0) is 23.1 Å². The van der Waals surface area contributed by atoms with Crippen molar-refractivity contribution in [2.45, 2.75) is 18.0 Å². The second-order valence-corrected chi connectivity index (χ2v) is 7.61. The number of nitrogens with one attached hydrogen (secondary N) is 2. The molecule has 2 N–H and O–H groups in total. The zero-order chi connectivity index (χ0) is 18.3. The van der Waals surface area contributed by atoms with Crippen molar-refractivity contribution in [2.75, 3.05) is 21.1 Å². The van der Waals surface area contributed by atoms with Gasteiger partial charge in [0.15, 0.2) is 5.96 Å². The SMILES string of the molecule is CNS(=O)(=O)c1cccc(CN=C(NCc2ccccc2)N(C)C)c1.I. The van der Waals surface area contributed by atoms with Gasteiger partial charge in [-0.25, -0.2) is 18.1 Å². The number of nitrogens with zero attached hydrogens (tertiary/aromatic N) is 2. The molecule has 0 bridgehead atoms. The molecule has 0 atom stereocenters. The van der Waals surface area contributed by atoms with E-state index < -0.39 is 10.0 Å². The van der Waals surface area contributed by atoms with Gasteiger partial charge in [0.1, 0.15) is 0 Å². The van der Waals surface area contributed by atoms with E-state index >= 15 is 0 Å². The Labute approximate surface area is 172 Å². The fraction of sp³-hybridized carbons (Fsp3) is 0.278. The Morgan fingerprint density at radius 3 is 2.31 bits per heavy atom. The number of benzene rings is 2. The second kappa shape index (κ2) is 10.5. The maximum atomic E-state index is 11.9. The third-order valence-corrected chi connectivity index (χ3v) is 5.02. The molecule has 0 aromatic heterocycles. The molecule has 2 aromatic carbocycles. The quantitative estimate of drug-likeness (QED) is 0.372. The first-order valence-corrected chi connectivity index (χ1v) is 9.43. The minimum Gasteiger partial charge on any atom is -0.352 e. The summed E-state index contributed by atoms with van der Waals surface area (Å²) in [6, 6.07) is 16.9. The van der Waals surface area contributed by atoms with Gasteiger partial charge in [0.2, 0.25) is 10.0 Å². The number of guanidine groups is 1. The number of aliphatic imine (C=N–C) groups is 1. The van der Waals surface area contributed by atoms with E-state index in [9.17, 15) is 8.42 Å². The highest BCUT2D eigenvalue weighted by Gasteiger charge is 2.11. The Hall–Kier alpha value is -1.65. The fourth-order valence-corrected chi connectivity index (χ4v) is 3.03. The van der Waals surface area contributed by atoms with Crippen LogP contribution in [0.5, 0.6) is 0 Å². The standard InChI is InChI=1S/C18H24N4O2S.HI/c1-19-25(23,24)17-11-7-10-16(12-17)14-21-18(22(2)3)20-13-15-8-5-4-6-9-15;/h4-12,19H,13-14H2,1-3H3,(H,20,21);1H. The molecule has 26 heavy (non-hydrogen) atoms. The van der Waals surface area contributed by atoms with Crippen molar-refractivity contribution >= 4 is 40.0 Å². The zero-order valence-corrected chi connectivity index (χ0v) is 18.3. The Kier molecular flexibility index (Phi) is 9.03. The van der Waals surface area contributed by atoms with E-state index in [1.807, 2.05) is 55.4 Å². The maximum Gasteiger partial charge on any atom is 0.240 e. The average molecular weight is 488 g/mol. The minimum atomic E-state index is -3.45. The Bertz CT molecular complexity index is 824. The van der Waals surface area contributed by atoms with Crippen molar-refractivity contribution in [3.63, 3.8) is 0 Å². The molecule has 0 saturated heterocycles. The highest BCUT2D eigenvalue weighted by atomic mass is 127. The van der Waals surface area contributed by atoms with Gasteiger partial charge in [0.25, 0.3) is 0 Å². The molecule has 0 aliphatic carbocycles. The van der Waals surface area contributed by atoms with Crippen LogP contribution in [0, 0.1) is 0 Å². The van der Waals surface area contributed by atoms with E-state index in [-0.39, 0.29) is 28.9 Å². The molecule has 0 aliphatic heterocycles. The average Bonchev–Trinajstić information content (AvgIpc) is 2.62. The van der Waals surface area contributed by atoms with Gasteiger partial charge in [-0.3, -0.25) is 0 Å². The fourth-order valence-electron chi connectivity index (χ4n) is 2.23. The Balaban J connectivity index is 0.00000338. The van der Waals surface area contributed by atoms with Gasteiger partial charge >= 0.3 is 0 Å². The molecule has 0 saturated carbocycles. The minimum absolute atomic E-state index is 0. The number of rotatable bonds is 6. The maximum absolute atomic E-state index is 11.9. The van der Waals surface area contributed by atoms with Crippen LogP contribution in [0.4, 0.5) is 0 Å². The summed E-state index contributed by atoms with van der Waals surface area (Å²) in [6.45, 7) is 1.06. The molecular weight excluding hydrogens is 463 g/mol. The van der Waals surface area contributed by atoms with Crippen molar-refractivity contribution in [1.82, 2.24) is 14.9 Å². The number of halogens is 1. The highest BCUT2D eigenvalue weighted by Crippen LogP contribution is 2.12. The van der Waals surface area contributed by atoms with Crippen molar-refractivity contribution in [3.8, 4) is 0 Å². The molecule has 0 spiro atoms. The Morgan fingerprint density at radius 1 is 1.04 bits per heavy atom. The summed E-state index contributed by atoms with van der Waals surface area (Å²) in [5.74, 6) is 0.741. The monoisotopic (exact) mass is 488 g/mol. The van der Waals surface area contributed by atoms with Gasteiger partial charge in [-0.2, -0.15) is 0 Å². The molecule has 6 nitrogen and oxygen atoms in total. The number of sulfonamides is 1. The smallest absolute Gasteiger partial charge is 0.240 e. The first-order chi connectivity index (χ1) is 11.9. The van der Waals surface area contributed by atoms with Crippen LogP contribution in [-0.4, -0.2) is 40.4 Å². The molecule has 0 fully saturated rings. The molecule has 0 heterocycles. The van der Waals surface area contributed by atoms with Crippen LogP contribution in [0.25, 0.3) is 0 Å². The first-order valence-electron chi connectivity index (χ1n) is 7.94. The van der Waals surface area contributed by atoms with Gasteiger partial charge in [-0.1, -0.05) is 42.5 Å². The molecule has 8 heteroatoms. The second-order valence-electron chi connectivity index (χ2n) is 5.73. The summed E-state index contributed by atoms with van der Waals surface area (Å²) < 4.78 is 26.1. The Morgan fingerprint density at radius 2 is 1.69 bits per heavy atom. The molecule has 2 aromatic rings. The van der Waals surface area contributed by atoms with Crippen LogP contribution < -0.4 is 10.0 Å². The van der Waals surface area contributed by atoms with Crippen LogP contribution in [0.15, 0.2) is 64.5 Å². The highest BCUT2D eigenvalue weighted by molar-refractivity contribution is 14.0. The summed E-state index contributed by atoms with van der Waals surface area (Å²) >= 11 is 0. The molecule has 2 rings (SSSR count). The summed E-state index contributed by atoms with van der Waals surface area (Å²) in [4.78, 5) is 6.72. The summed E-state index contributed by atoms with van der Waals surface area (Å²) in [6.07, 6.45) is 0. The van der Waals surface area contributed by atoms with Crippen molar-refractivity contribution in [2.24, 2.45) is 4.99 Å². The van der Waals surface area contributed by atoms with Gasteiger partial charge in [0.05, 0.1) is 11.4 Å². The van der Waals surface area contributed by atoms with Crippen LogP contribution >= 0.6 is 24.0 Å². The van der Waals surface area contributed by atoms with Gasteiger partial charge in [0, 0.05) is 20.6 Å². The normalized spacial score (nSPS) is 11.6. The van der Waals surface area contributed by atoms with Crippen molar-refractivity contribution in [3.05, 3.63) is 65.7 Å². The summed E-state index contributed by atoms with van der Waals surface area (Å²) in [7, 11) is 1.79. The first kappa shape index (κ1) is 22.4. The van der Waals surface area contributed by atoms with E-state index in [0.717, 1.165) is 11.5 Å². The third kappa shape index (κ3) is 6.58. The molecule has 0 radical (unpaired) electrons. The molecule has 0 aliphatic rings. The van der Waals surface area contributed by atoms with E-state index in [1.54, 1.807) is 18.2 Å². The van der Waals surface area contributed by atoms with Crippen LogP contribution in [0.2, 0.25) is 0 Å². The predicted octanol–water partition coefficient (Wildman–Crippen LogP) is 2.42. The van der Waals surface area contributed by atoms with E-state index in [1.165, 1.54) is 12.6 Å². The van der Waals surface area contributed by atoms with E-state index in [4.69, 9.17) is 0 Å². The van der Waals surface area contributed by atoms with Gasteiger partial charge in [-0.05, 0) is 30.3 Å². The molecule has 142 valence electrons. The zero-order valence-electron chi connectivity index (χ0n) is 15.1. The third-order valence-electron chi connectivity index (χ3n) is 3.61. The molecule has 0 amide bonds. The van der Waals surface area contributed by atoms with Crippen molar-refractivity contribution < 1.29 is 8.42 Å². The van der Waals surface area contributed by atoms with Crippen LogP contribution in [0.3, 0.4) is 0 Å². The number of hydrogen-bond acceptors (Lipinski definition) is 3. The van der Waals surface area contributed by atoms with E-state index in [0.29, 0.717) is 13.1 Å². The summed E-state index contributed by atoms with van der Waals surface area (Å²) in [5.41, 5.74) is 2.00. The molecule has 0 unspecified atom stereocenters.